The quantitative estimate of drug-likeness (QED) is 0.634. The molecule has 0 radical (unpaired) electrons. The van der Waals surface area contributed by atoms with Crippen LogP contribution in [0.25, 0.3) is 0 Å². The van der Waals surface area contributed by atoms with Gasteiger partial charge in [0.1, 0.15) is 12.4 Å². The molecule has 0 N–H and O–H groups in total. The van der Waals surface area contributed by atoms with Crippen molar-refractivity contribution in [3.8, 4) is 0 Å². The van der Waals surface area contributed by atoms with Crippen molar-refractivity contribution < 1.29 is 14.0 Å². The second-order valence-corrected chi connectivity index (χ2v) is 5.87. The van der Waals surface area contributed by atoms with E-state index in [-0.39, 0.29) is 36.3 Å². The van der Waals surface area contributed by atoms with Gasteiger partial charge in [-0.1, -0.05) is 24.6 Å². The van der Waals surface area contributed by atoms with Crippen LogP contribution < -0.4 is 0 Å². The van der Waals surface area contributed by atoms with Crippen molar-refractivity contribution in [1.29, 1.82) is 0 Å². The number of carbonyl (C=O) groups is 2. The maximum Gasteiger partial charge on any atom is 0.327 e. The lowest BCUT2D eigenvalue weighted by atomic mass is 9.93. The van der Waals surface area contributed by atoms with E-state index in [1.54, 1.807) is 18.2 Å². The second kappa shape index (κ2) is 5.91. The first-order chi connectivity index (χ1) is 10.6. The monoisotopic (exact) mass is 302 g/mol. The first-order valence-corrected chi connectivity index (χ1v) is 7.59. The number of amides is 3. The molecular weight excluding hydrogens is 283 g/mol. The summed E-state index contributed by atoms with van der Waals surface area (Å²) in [5.41, 5.74) is 0.992. The van der Waals surface area contributed by atoms with Crippen LogP contribution in [0, 0.1) is 5.82 Å². The smallest absolute Gasteiger partial charge is 0.311 e. The molecule has 1 aliphatic carbocycles. The molecule has 4 nitrogen and oxygen atoms in total. The molecule has 3 amide bonds. The Morgan fingerprint density at radius 3 is 2.64 bits per heavy atom. The summed E-state index contributed by atoms with van der Waals surface area (Å²) in [4.78, 5) is 27.6. The molecule has 0 bridgehead atoms. The van der Waals surface area contributed by atoms with Crippen LogP contribution in [0.2, 0.25) is 0 Å². The number of nitrogens with zero attached hydrogens (tertiary/aromatic N) is 2. The molecule has 2 atom stereocenters. The normalized spacial score (nSPS) is 25.1. The molecule has 2 unspecified atom stereocenters. The van der Waals surface area contributed by atoms with Gasteiger partial charge < -0.3 is 4.90 Å². The Morgan fingerprint density at radius 1 is 1.23 bits per heavy atom. The summed E-state index contributed by atoms with van der Waals surface area (Å²) in [5, 5.41) is 0. The van der Waals surface area contributed by atoms with Crippen LogP contribution in [-0.2, 0) is 4.79 Å². The average Bonchev–Trinajstić information content (AvgIpc) is 3.06. The first kappa shape index (κ1) is 14.8. The maximum atomic E-state index is 13.1. The number of rotatable bonds is 4. The molecule has 1 aromatic rings. The summed E-state index contributed by atoms with van der Waals surface area (Å²) in [6.45, 7) is 4.12. The molecule has 1 saturated heterocycles. The fourth-order valence-electron chi connectivity index (χ4n) is 3.54. The van der Waals surface area contributed by atoms with Gasteiger partial charge in [-0.15, -0.1) is 6.58 Å². The van der Waals surface area contributed by atoms with Crippen LogP contribution >= 0.6 is 0 Å². The predicted octanol–water partition coefficient (Wildman–Crippen LogP) is 2.91. The van der Waals surface area contributed by atoms with Crippen molar-refractivity contribution in [2.45, 2.75) is 31.2 Å². The van der Waals surface area contributed by atoms with Gasteiger partial charge in [0.05, 0.1) is 0 Å². The number of urea groups is 1. The van der Waals surface area contributed by atoms with Crippen molar-refractivity contribution in [2.75, 3.05) is 13.1 Å². The summed E-state index contributed by atoms with van der Waals surface area (Å²) in [7, 11) is 0. The summed E-state index contributed by atoms with van der Waals surface area (Å²) in [5.74, 6) is -0.327. The molecule has 2 aliphatic rings. The molecule has 1 heterocycles. The van der Waals surface area contributed by atoms with Gasteiger partial charge in [-0.25, -0.2) is 9.18 Å². The van der Waals surface area contributed by atoms with Crippen LogP contribution in [0.4, 0.5) is 9.18 Å². The predicted molar refractivity (Wildman–Crippen MR) is 80.8 cm³/mol. The SMILES string of the molecule is C=CCN1CC(=O)N(C2CCCC2c2ccc(F)cc2)C1=O. The van der Waals surface area contributed by atoms with Gasteiger partial charge in [-0.3, -0.25) is 9.69 Å². The number of carbonyl (C=O) groups excluding carboxylic acids is 2. The molecule has 1 aromatic carbocycles. The van der Waals surface area contributed by atoms with Gasteiger partial charge in [0.15, 0.2) is 0 Å². The van der Waals surface area contributed by atoms with E-state index in [9.17, 15) is 14.0 Å². The highest BCUT2D eigenvalue weighted by molar-refractivity contribution is 6.02. The van der Waals surface area contributed by atoms with Crippen molar-refractivity contribution in [3.63, 3.8) is 0 Å². The minimum Gasteiger partial charge on any atom is -0.311 e. The zero-order valence-electron chi connectivity index (χ0n) is 12.4. The van der Waals surface area contributed by atoms with E-state index in [0.29, 0.717) is 6.54 Å². The van der Waals surface area contributed by atoms with Crippen molar-refractivity contribution in [1.82, 2.24) is 9.80 Å². The highest BCUT2D eigenvalue weighted by Crippen LogP contribution is 2.39. The van der Waals surface area contributed by atoms with Crippen LogP contribution in [0.1, 0.15) is 30.7 Å². The lowest BCUT2D eigenvalue weighted by molar-refractivity contribution is -0.127. The van der Waals surface area contributed by atoms with E-state index in [1.807, 2.05) is 0 Å². The number of halogens is 1. The third kappa shape index (κ3) is 2.51. The van der Waals surface area contributed by atoms with Crippen LogP contribution in [0.5, 0.6) is 0 Å². The Hall–Kier alpha value is -2.17. The number of benzene rings is 1. The number of imide groups is 1. The maximum absolute atomic E-state index is 13.1. The zero-order chi connectivity index (χ0) is 15.7. The molecule has 5 heteroatoms. The summed E-state index contributed by atoms with van der Waals surface area (Å²) in [6, 6.07) is 6.02. The Balaban J connectivity index is 1.84. The van der Waals surface area contributed by atoms with E-state index < -0.39 is 0 Å². The number of hydrogen-bond donors (Lipinski definition) is 0. The lowest BCUT2D eigenvalue weighted by Gasteiger charge is -2.28. The van der Waals surface area contributed by atoms with Gasteiger partial charge in [-0.2, -0.15) is 0 Å². The second-order valence-electron chi connectivity index (χ2n) is 5.87. The summed E-state index contributed by atoms with van der Waals surface area (Å²) < 4.78 is 13.1. The van der Waals surface area contributed by atoms with Gasteiger partial charge in [0, 0.05) is 18.5 Å². The molecule has 3 rings (SSSR count). The van der Waals surface area contributed by atoms with Gasteiger partial charge in [0.25, 0.3) is 5.91 Å². The standard InChI is InChI=1S/C17H19FN2O2/c1-2-10-19-11-16(21)20(17(19)22)15-5-3-4-14(15)12-6-8-13(18)9-7-12/h2,6-9,14-15H,1,3-5,10-11H2. The van der Waals surface area contributed by atoms with Crippen molar-refractivity contribution in [3.05, 3.63) is 48.3 Å². The largest absolute Gasteiger partial charge is 0.327 e. The Morgan fingerprint density at radius 2 is 1.95 bits per heavy atom. The van der Waals surface area contributed by atoms with E-state index >= 15 is 0 Å². The fourth-order valence-corrected chi connectivity index (χ4v) is 3.54. The molecule has 1 saturated carbocycles. The molecule has 1 aliphatic heterocycles. The van der Waals surface area contributed by atoms with E-state index in [4.69, 9.17) is 0 Å². The average molecular weight is 302 g/mol. The molecule has 22 heavy (non-hydrogen) atoms. The van der Waals surface area contributed by atoms with Gasteiger partial charge in [-0.05, 0) is 30.5 Å². The number of hydrogen-bond acceptors (Lipinski definition) is 2. The highest BCUT2D eigenvalue weighted by atomic mass is 19.1. The Bertz CT molecular complexity index is 599. The Kier molecular flexibility index (Phi) is 3.96. The summed E-state index contributed by atoms with van der Waals surface area (Å²) in [6.07, 6.45) is 4.31. The van der Waals surface area contributed by atoms with E-state index in [0.717, 1.165) is 24.8 Å². The van der Waals surface area contributed by atoms with E-state index in [2.05, 4.69) is 6.58 Å². The highest BCUT2D eigenvalue weighted by Gasteiger charge is 2.44. The molecular formula is C17H19FN2O2. The zero-order valence-corrected chi connectivity index (χ0v) is 12.4. The first-order valence-electron chi connectivity index (χ1n) is 7.59. The van der Waals surface area contributed by atoms with Crippen molar-refractivity contribution >= 4 is 11.9 Å². The molecule has 116 valence electrons. The Labute approximate surface area is 129 Å². The lowest BCUT2D eigenvalue weighted by Crippen LogP contribution is -2.42. The topological polar surface area (TPSA) is 40.6 Å². The molecule has 0 aromatic heterocycles. The van der Waals surface area contributed by atoms with Crippen LogP contribution in [0.15, 0.2) is 36.9 Å². The minimum atomic E-state index is -0.274. The minimum absolute atomic E-state index is 0.0946. The van der Waals surface area contributed by atoms with Crippen LogP contribution in [0.3, 0.4) is 0 Å². The summed E-state index contributed by atoms with van der Waals surface area (Å²) >= 11 is 0. The van der Waals surface area contributed by atoms with E-state index in [1.165, 1.54) is 21.9 Å². The van der Waals surface area contributed by atoms with Gasteiger partial charge in [0.2, 0.25) is 0 Å². The van der Waals surface area contributed by atoms with Crippen molar-refractivity contribution in [2.24, 2.45) is 0 Å². The molecule has 0 spiro atoms. The fraction of sp³-hybridized carbons (Fsp3) is 0.412. The van der Waals surface area contributed by atoms with Crippen LogP contribution in [-0.4, -0.2) is 40.9 Å². The molecule has 2 fully saturated rings. The van der Waals surface area contributed by atoms with Gasteiger partial charge >= 0.3 is 6.03 Å². The third-order valence-electron chi connectivity index (χ3n) is 4.53. The third-order valence-corrected chi connectivity index (χ3v) is 4.53.